The van der Waals surface area contributed by atoms with Crippen molar-refractivity contribution in [3.63, 3.8) is 0 Å². The Balaban J connectivity index is 0.00000180. The molecule has 2 aromatic rings. The number of fused-ring (bicyclic) bond motifs is 1. The molecule has 2 nitrogen and oxygen atoms in total. The van der Waals surface area contributed by atoms with Crippen molar-refractivity contribution in [2.24, 2.45) is 0 Å². The van der Waals surface area contributed by atoms with E-state index < -0.39 is 0 Å². The van der Waals surface area contributed by atoms with Gasteiger partial charge in [-0.05, 0) is 30.5 Å². The van der Waals surface area contributed by atoms with Crippen LogP contribution in [0.2, 0.25) is 0 Å². The van der Waals surface area contributed by atoms with Crippen LogP contribution in [0.15, 0.2) is 36.4 Å². The Labute approximate surface area is 121 Å². The quantitative estimate of drug-likeness (QED) is 0.899. The van der Waals surface area contributed by atoms with Gasteiger partial charge in [-0.15, -0.1) is 12.4 Å². The highest BCUT2D eigenvalue weighted by Gasteiger charge is 2.07. The molecule has 2 aromatic carbocycles. The van der Waals surface area contributed by atoms with Gasteiger partial charge in [0.2, 0.25) is 0 Å². The third kappa shape index (κ3) is 3.62. The number of likely N-dealkylation sites (N-methyl/N-ethyl adjacent to an activating group) is 1. The van der Waals surface area contributed by atoms with Crippen molar-refractivity contribution < 1.29 is 5.11 Å². The summed E-state index contributed by atoms with van der Waals surface area (Å²) in [6.07, 6.45) is 0.901. The molecule has 0 heterocycles. The SMILES string of the molecule is CCN(CC)CCc1ccc2ccccc2c1O.Cl. The van der Waals surface area contributed by atoms with Crippen LogP contribution >= 0.6 is 12.4 Å². The van der Waals surface area contributed by atoms with E-state index in [2.05, 4.69) is 24.8 Å². The Morgan fingerprint density at radius 3 is 2.37 bits per heavy atom. The molecule has 2 rings (SSSR count). The maximum Gasteiger partial charge on any atom is 0.126 e. The summed E-state index contributed by atoms with van der Waals surface area (Å²) in [5, 5.41) is 12.3. The Hall–Kier alpha value is -1.25. The predicted molar refractivity (Wildman–Crippen MR) is 84.4 cm³/mol. The van der Waals surface area contributed by atoms with E-state index in [9.17, 15) is 5.11 Å². The number of phenols is 1. The third-order valence-corrected chi connectivity index (χ3v) is 3.58. The topological polar surface area (TPSA) is 23.5 Å². The average Bonchev–Trinajstić information content (AvgIpc) is 2.42. The lowest BCUT2D eigenvalue weighted by Gasteiger charge is -2.18. The molecule has 0 fully saturated rings. The summed E-state index contributed by atoms with van der Waals surface area (Å²) in [5.41, 5.74) is 1.04. The molecule has 0 atom stereocenters. The molecule has 1 N–H and O–H groups in total. The maximum absolute atomic E-state index is 10.3. The second kappa shape index (κ2) is 7.37. The van der Waals surface area contributed by atoms with E-state index in [1.807, 2.05) is 30.3 Å². The number of hydrogen-bond acceptors (Lipinski definition) is 2. The Bertz CT molecular complexity index is 523. The molecule has 0 radical (unpaired) electrons. The van der Waals surface area contributed by atoms with Gasteiger partial charge in [-0.3, -0.25) is 0 Å². The molecule has 104 valence electrons. The van der Waals surface area contributed by atoms with Crippen molar-refractivity contribution in [3.05, 3.63) is 42.0 Å². The fourth-order valence-electron chi connectivity index (χ4n) is 2.32. The molecule has 0 spiro atoms. The summed E-state index contributed by atoms with van der Waals surface area (Å²) in [7, 11) is 0. The first-order valence-corrected chi connectivity index (χ1v) is 6.68. The van der Waals surface area contributed by atoms with Gasteiger partial charge in [0, 0.05) is 11.9 Å². The second-order valence-electron chi connectivity index (χ2n) is 4.57. The molecule has 0 aliphatic carbocycles. The van der Waals surface area contributed by atoms with Crippen LogP contribution in [0.5, 0.6) is 5.75 Å². The van der Waals surface area contributed by atoms with Gasteiger partial charge in [0.1, 0.15) is 5.75 Å². The van der Waals surface area contributed by atoms with Gasteiger partial charge >= 0.3 is 0 Å². The lowest BCUT2D eigenvalue weighted by atomic mass is 10.0. The lowest BCUT2D eigenvalue weighted by molar-refractivity contribution is 0.306. The highest BCUT2D eigenvalue weighted by atomic mass is 35.5. The summed E-state index contributed by atoms with van der Waals surface area (Å²) >= 11 is 0. The van der Waals surface area contributed by atoms with E-state index in [1.165, 1.54) is 0 Å². The summed E-state index contributed by atoms with van der Waals surface area (Å²) in [6, 6.07) is 12.1. The molecule has 0 aliphatic rings. The van der Waals surface area contributed by atoms with Crippen LogP contribution in [0.3, 0.4) is 0 Å². The molecule has 0 bridgehead atoms. The zero-order valence-electron chi connectivity index (χ0n) is 11.6. The summed E-state index contributed by atoms with van der Waals surface area (Å²) in [5.74, 6) is 0.445. The molecule has 0 unspecified atom stereocenters. The van der Waals surface area contributed by atoms with Crippen molar-refractivity contribution >= 4 is 23.2 Å². The fraction of sp³-hybridized carbons (Fsp3) is 0.375. The van der Waals surface area contributed by atoms with E-state index in [-0.39, 0.29) is 12.4 Å². The zero-order chi connectivity index (χ0) is 13.0. The zero-order valence-corrected chi connectivity index (χ0v) is 12.4. The lowest BCUT2D eigenvalue weighted by Crippen LogP contribution is -2.25. The van der Waals surface area contributed by atoms with Crippen molar-refractivity contribution in [1.82, 2.24) is 4.90 Å². The minimum Gasteiger partial charge on any atom is -0.507 e. The fourth-order valence-corrected chi connectivity index (χ4v) is 2.32. The Kier molecular flexibility index (Phi) is 6.13. The normalized spacial score (nSPS) is 10.7. The van der Waals surface area contributed by atoms with Crippen molar-refractivity contribution in [1.29, 1.82) is 0 Å². The smallest absolute Gasteiger partial charge is 0.126 e. The van der Waals surface area contributed by atoms with Gasteiger partial charge in [-0.25, -0.2) is 0 Å². The van der Waals surface area contributed by atoms with Crippen molar-refractivity contribution in [3.8, 4) is 5.75 Å². The minimum absolute atomic E-state index is 0. The number of aromatic hydroxyl groups is 1. The first kappa shape index (κ1) is 15.8. The van der Waals surface area contributed by atoms with Crippen LogP contribution in [-0.4, -0.2) is 29.6 Å². The molecule has 0 amide bonds. The number of halogens is 1. The largest absolute Gasteiger partial charge is 0.507 e. The van der Waals surface area contributed by atoms with Crippen LogP contribution in [0, 0.1) is 0 Å². The van der Waals surface area contributed by atoms with Crippen LogP contribution in [-0.2, 0) is 6.42 Å². The van der Waals surface area contributed by atoms with E-state index in [4.69, 9.17) is 0 Å². The molecule has 0 saturated heterocycles. The van der Waals surface area contributed by atoms with Crippen LogP contribution < -0.4 is 0 Å². The number of nitrogens with zero attached hydrogens (tertiary/aromatic N) is 1. The molecule has 0 aromatic heterocycles. The van der Waals surface area contributed by atoms with Crippen LogP contribution in [0.1, 0.15) is 19.4 Å². The molecule has 0 aliphatic heterocycles. The molecule has 0 saturated carbocycles. The Morgan fingerprint density at radius 2 is 1.68 bits per heavy atom. The maximum atomic E-state index is 10.3. The van der Waals surface area contributed by atoms with Gasteiger partial charge in [0.05, 0.1) is 0 Å². The monoisotopic (exact) mass is 279 g/mol. The molecule has 19 heavy (non-hydrogen) atoms. The molecular formula is C16H22ClNO. The van der Waals surface area contributed by atoms with E-state index in [1.54, 1.807) is 0 Å². The van der Waals surface area contributed by atoms with Crippen molar-refractivity contribution in [2.45, 2.75) is 20.3 Å². The first-order chi connectivity index (χ1) is 8.76. The number of phenolic OH excluding ortho intramolecular Hbond substituents is 1. The predicted octanol–water partition coefficient (Wildman–Crippen LogP) is 3.85. The first-order valence-electron chi connectivity index (χ1n) is 6.68. The van der Waals surface area contributed by atoms with Gasteiger partial charge in [-0.1, -0.05) is 50.2 Å². The Morgan fingerprint density at radius 1 is 1.00 bits per heavy atom. The van der Waals surface area contributed by atoms with Gasteiger partial charge in [0.25, 0.3) is 0 Å². The highest BCUT2D eigenvalue weighted by molar-refractivity contribution is 5.89. The molecule has 3 heteroatoms. The average molecular weight is 280 g/mol. The summed E-state index contributed by atoms with van der Waals surface area (Å²) < 4.78 is 0. The molecular weight excluding hydrogens is 258 g/mol. The number of benzene rings is 2. The van der Waals surface area contributed by atoms with E-state index >= 15 is 0 Å². The van der Waals surface area contributed by atoms with E-state index in [0.29, 0.717) is 5.75 Å². The third-order valence-electron chi connectivity index (χ3n) is 3.58. The van der Waals surface area contributed by atoms with Gasteiger partial charge in [-0.2, -0.15) is 0 Å². The van der Waals surface area contributed by atoms with Crippen LogP contribution in [0.25, 0.3) is 10.8 Å². The van der Waals surface area contributed by atoms with Crippen LogP contribution in [0.4, 0.5) is 0 Å². The number of rotatable bonds is 5. The highest BCUT2D eigenvalue weighted by Crippen LogP contribution is 2.28. The summed E-state index contributed by atoms with van der Waals surface area (Å²) in [4.78, 5) is 2.37. The minimum atomic E-state index is 0. The van der Waals surface area contributed by atoms with E-state index in [0.717, 1.165) is 42.4 Å². The standard InChI is InChI=1S/C16H21NO.ClH/c1-3-17(4-2)12-11-14-10-9-13-7-5-6-8-15(13)16(14)18;/h5-10,18H,3-4,11-12H2,1-2H3;1H. The van der Waals surface area contributed by atoms with Gasteiger partial charge < -0.3 is 10.0 Å². The van der Waals surface area contributed by atoms with Crippen molar-refractivity contribution in [2.75, 3.05) is 19.6 Å². The van der Waals surface area contributed by atoms with Gasteiger partial charge in [0.15, 0.2) is 0 Å². The summed E-state index contributed by atoms with van der Waals surface area (Å²) in [6.45, 7) is 7.46. The number of hydrogen-bond donors (Lipinski definition) is 1. The second-order valence-corrected chi connectivity index (χ2v) is 4.57.